The predicted octanol–water partition coefficient (Wildman–Crippen LogP) is 4.92. The summed E-state index contributed by atoms with van der Waals surface area (Å²) in [4.78, 5) is 21.2. The van der Waals surface area contributed by atoms with Gasteiger partial charge >= 0.3 is 0 Å². The average Bonchev–Trinajstić information content (AvgIpc) is 3.14. The SMILES string of the molecule is Cc1ccccc1-c1cccc2ccc(C(=O)Nc3nccs3)nc12. The Labute approximate surface area is 149 Å². The maximum atomic E-state index is 12.5. The molecule has 2 aromatic heterocycles. The van der Waals surface area contributed by atoms with E-state index < -0.39 is 0 Å². The predicted molar refractivity (Wildman–Crippen MR) is 102 cm³/mol. The molecule has 4 nitrogen and oxygen atoms in total. The molecular weight excluding hydrogens is 330 g/mol. The van der Waals surface area contributed by atoms with Gasteiger partial charge in [0.15, 0.2) is 5.13 Å². The molecule has 1 N–H and O–H groups in total. The van der Waals surface area contributed by atoms with Crippen LogP contribution >= 0.6 is 11.3 Å². The average molecular weight is 345 g/mol. The van der Waals surface area contributed by atoms with Gasteiger partial charge in [0.1, 0.15) is 5.69 Å². The van der Waals surface area contributed by atoms with Crippen molar-refractivity contribution < 1.29 is 4.79 Å². The molecule has 0 unspecified atom stereocenters. The summed E-state index contributed by atoms with van der Waals surface area (Å²) in [6.45, 7) is 2.08. The fraction of sp³-hybridized carbons (Fsp3) is 0.0500. The number of thiazole rings is 1. The molecule has 122 valence electrons. The van der Waals surface area contributed by atoms with Gasteiger partial charge in [0.2, 0.25) is 0 Å². The second kappa shape index (κ2) is 6.45. The number of hydrogen-bond donors (Lipinski definition) is 1. The van der Waals surface area contributed by atoms with Crippen LogP contribution in [0.15, 0.2) is 66.2 Å². The van der Waals surface area contributed by atoms with Crippen LogP contribution in [-0.2, 0) is 0 Å². The van der Waals surface area contributed by atoms with Crippen molar-refractivity contribution in [2.75, 3.05) is 5.32 Å². The summed E-state index contributed by atoms with van der Waals surface area (Å²) in [6.07, 6.45) is 1.66. The topological polar surface area (TPSA) is 54.9 Å². The van der Waals surface area contributed by atoms with Crippen molar-refractivity contribution in [2.24, 2.45) is 0 Å². The Morgan fingerprint density at radius 3 is 2.64 bits per heavy atom. The monoisotopic (exact) mass is 345 g/mol. The second-order valence-corrected chi connectivity index (χ2v) is 6.57. The number of aromatic nitrogens is 2. The zero-order valence-corrected chi connectivity index (χ0v) is 14.4. The van der Waals surface area contributed by atoms with Gasteiger partial charge in [-0.05, 0) is 24.1 Å². The molecule has 5 heteroatoms. The highest BCUT2D eigenvalue weighted by Crippen LogP contribution is 2.29. The summed E-state index contributed by atoms with van der Waals surface area (Å²) < 4.78 is 0. The number of nitrogens with zero attached hydrogens (tertiary/aromatic N) is 2. The third-order valence-electron chi connectivity index (χ3n) is 4.04. The maximum Gasteiger partial charge on any atom is 0.276 e. The molecule has 0 atom stereocenters. The van der Waals surface area contributed by atoms with Gasteiger partial charge in [0.25, 0.3) is 5.91 Å². The fourth-order valence-corrected chi connectivity index (χ4v) is 3.34. The van der Waals surface area contributed by atoms with E-state index in [2.05, 4.69) is 34.3 Å². The van der Waals surface area contributed by atoms with Crippen LogP contribution in [0.3, 0.4) is 0 Å². The van der Waals surface area contributed by atoms with Gasteiger partial charge in [-0.1, -0.05) is 48.5 Å². The lowest BCUT2D eigenvalue weighted by Gasteiger charge is -2.10. The number of rotatable bonds is 3. The third kappa shape index (κ3) is 3.02. The minimum absolute atomic E-state index is 0.253. The number of benzene rings is 2. The number of carbonyl (C=O) groups is 1. The molecule has 1 amide bonds. The standard InChI is InChI=1S/C20H15N3OS/c1-13-5-2-3-7-15(13)16-8-4-6-14-9-10-17(22-18(14)16)19(24)23-20-21-11-12-25-20/h2-12H,1H3,(H,21,23,24). The van der Waals surface area contributed by atoms with E-state index in [1.807, 2.05) is 41.8 Å². The molecule has 0 aliphatic carbocycles. The number of anilines is 1. The highest BCUT2D eigenvalue weighted by atomic mass is 32.1. The Morgan fingerprint density at radius 2 is 1.84 bits per heavy atom. The van der Waals surface area contributed by atoms with Gasteiger partial charge in [0, 0.05) is 22.5 Å². The van der Waals surface area contributed by atoms with Gasteiger partial charge in [-0.3, -0.25) is 10.1 Å². The van der Waals surface area contributed by atoms with Crippen molar-refractivity contribution in [2.45, 2.75) is 6.92 Å². The van der Waals surface area contributed by atoms with Crippen LogP contribution in [-0.4, -0.2) is 15.9 Å². The van der Waals surface area contributed by atoms with Crippen molar-refractivity contribution >= 4 is 33.3 Å². The Morgan fingerprint density at radius 1 is 1.00 bits per heavy atom. The molecule has 4 aromatic rings. The molecule has 25 heavy (non-hydrogen) atoms. The van der Waals surface area contributed by atoms with Crippen molar-refractivity contribution in [3.05, 3.63) is 77.4 Å². The fourth-order valence-electron chi connectivity index (χ4n) is 2.81. The third-order valence-corrected chi connectivity index (χ3v) is 4.73. The van der Waals surface area contributed by atoms with Crippen LogP contribution in [0, 0.1) is 6.92 Å². The zero-order chi connectivity index (χ0) is 17.2. The lowest BCUT2D eigenvalue weighted by molar-refractivity contribution is 0.102. The Hall–Kier alpha value is -3.05. The Kier molecular flexibility index (Phi) is 3.99. The van der Waals surface area contributed by atoms with Crippen LogP contribution in [0.5, 0.6) is 0 Å². The Bertz CT molecular complexity index is 1060. The van der Waals surface area contributed by atoms with E-state index in [0.29, 0.717) is 10.8 Å². The molecule has 0 bridgehead atoms. The van der Waals surface area contributed by atoms with E-state index in [-0.39, 0.29) is 5.91 Å². The first-order valence-electron chi connectivity index (χ1n) is 7.89. The minimum Gasteiger partial charge on any atom is -0.296 e. The van der Waals surface area contributed by atoms with Crippen LogP contribution in [0.25, 0.3) is 22.0 Å². The van der Waals surface area contributed by atoms with E-state index in [9.17, 15) is 4.79 Å². The molecule has 0 radical (unpaired) electrons. The minimum atomic E-state index is -0.253. The smallest absolute Gasteiger partial charge is 0.276 e. The molecule has 4 rings (SSSR count). The normalized spacial score (nSPS) is 10.8. The molecule has 0 aliphatic heterocycles. The van der Waals surface area contributed by atoms with Crippen molar-refractivity contribution in [1.29, 1.82) is 0 Å². The van der Waals surface area contributed by atoms with E-state index >= 15 is 0 Å². The molecule has 2 aromatic carbocycles. The highest BCUT2D eigenvalue weighted by Gasteiger charge is 2.13. The summed E-state index contributed by atoms with van der Waals surface area (Å²) in [5.74, 6) is -0.253. The molecule has 0 saturated heterocycles. The molecule has 0 fully saturated rings. The number of pyridine rings is 1. The number of para-hydroxylation sites is 1. The molecule has 0 aliphatic rings. The molecule has 0 spiro atoms. The van der Waals surface area contributed by atoms with Crippen LogP contribution < -0.4 is 5.32 Å². The quantitative estimate of drug-likeness (QED) is 0.573. The van der Waals surface area contributed by atoms with Crippen molar-refractivity contribution in [3.8, 4) is 11.1 Å². The van der Waals surface area contributed by atoms with Crippen LogP contribution in [0.2, 0.25) is 0 Å². The number of aryl methyl sites for hydroxylation is 1. The zero-order valence-electron chi connectivity index (χ0n) is 13.6. The Balaban J connectivity index is 1.81. The van der Waals surface area contributed by atoms with E-state index in [4.69, 9.17) is 0 Å². The number of carbonyl (C=O) groups excluding carboxylic acids is 1. The first-order valence-corrected chi connectivity index (χ1v) is 8.77. The van der Waals surface area contributed by atoms with E-state index in [1.54, 1.807) is 12.3 Å². The van der Waals surface area contributed by atoms with E-state index in [0.717, 1.165) is 22.0 Å². The van der Waals surface area contributed by atoms with Crippen LogP contribution in [0.1, 0.15) is 16.1 Å². The summed E-state index contributed by atoms with van der Waals surface area (Å²) in [6, 6.07) is 17.9. The number of nitrogens with one attached hydrogen (secondary N) is 1. The first kappa shape index (κ1) is 15.5. The number of amides is 1. The molecular formula is C20H15N3OS. The number of hydrogen-bond acceptors (Lipinski definition) is 4. The summed E-state index contributed by atoms with van der Waals surface area (Å²) in [7, 11) is 0. The number of fused-ring (bicyclic) bond motifs is 1. The first-order chi connectivity index (χ1) is 12.2. The molecule has 0 saturated carbocycles. The largest absolute Gasteiger partial charge is 0.296 e. The summed E-state index contributed by atoms with van der Waals surface area (Å²) in [5, 5.41) is 6.17. The summed E-state index contributed by atoms with van der Waals surface area (Å²) in [5.41, 5.74) is 4.53. The lowest BCUT2D eigenvalue weighted by Crippen LogP contribution is -2.13. The van der Waals surface area contributed by atoms with Gasteiger partial charge in [0.05, 0.1) is 5.52 Å². The van der Waals surface area contributed by atoms with Crippen LogP contribution in [0.4, 0.5) is 5.13 Å². The van der Waals surface area contributed by atoms with Crippen molar-refractivity contribution in [1.82, 2.24) is 9.97 Å². The van der Waals surface area contributed by atoms with Gasteiger partial charge in [-0.25, -0.2) is 9.97 Å². The molecule has 2 heterocycles. The van der Waals surface area contributed by atoms with Gasteiger partial charge < -0.3 is 0 Å². The highest BCUT2D eigenvalue weighted by molar-refractivity contribution is 7.13. The van der Waals surface area contributed by atoms with Gasteiger partial charge in [-0.2, -0.15) is 0 Å². The summed E-state index contributed by atoms with van der Waals surface area (Å²) >= 11 is 1.38. The second-order valence-electron chi connectivity index (χ2n) is 5.68. The van der Waals surface area contributed by atoms with Gasteiger partial charge in [-0.15, -0.1) is 11.3 Å². The maximum absolute atomic E-state index is 12.5. The van der Waals surface area contributed by atoms with E-state index in [1.165, 1.54) is 16.9 Å². The lowest BCUT2D eigenvalue weighted by atomic mass is 9.98. The van der Waals surface area contributed by atoms with Crippen molar-refractivity contribution in [3.63, 3.8) is 0 Å².